The van der Waals surface area contributed by atoms with Gasteiger partial charge in [-0.1, -0.05) is 24.3 Å². The summed E-state index contributed by atoms with van der Waals surface area (Å²) >= 11 is 0. The zero-order valence-corrected chi connectivity index (χ0v) is 13.4. The molecule has 124 valence electrons. The molecular weight excluding hydrogens is 308 g/mol. The number of nitrogens with zero attached hydrogens (tertiary/aromatic N) is 2. The smallest absolute Gasteiger partial charge is 0.310 e. The average molecular weight is 326 g/mol. The number of rotatable bonds is 4. The minimum absolute atomic E-state index is 0.124. The first kappa shape index (κ1) is 16.0. The molecule has 0 fully saturated rings. The van der Waals surface area contributed by atoms with Crippen LogP contribution in [0.25, 0.3) is 0 Å². The van der Waals surface area contributed by atoms with Gasteiger partial charge in [0.05, 0.1) is 4.92 Å². The average Bonchev–Trinajstić information content (AvgIpc) is 2.59. The zero-order valence-electron chi connectivity index (χ0n) is 13.4. The van der Waals surface area contributed by atoms with Crippen molar-refractivity contribution in [1.29, 1.82) is 0 Å². The van der Waals surface area contributed by atoms with Crippen LogP contribution in [0.15, 0.2) is 42.5 Å². The van der Waals surface area contributed by atoms with Crippen molar-refractivity contribution >= 4 is 17.3 Å². The molecule has 1 heterocycles. The van der Waals surface area contributed by atoms with Crippen LogP contribution in [0, 0.1) is 17.0 Å². The van der Waals surface area contributed by atoms with Crippen LogP contribution in [0.3, 0.4) is 0 Å². The Morgan fingerprint density at radius 3 is 2.88 bits per heavy atom. The molecule has 6 heteroatoms. The monoisotopic (exact) mass is 326 g/mol. The number of carbonyl (C=O) groups is 1. The van der Waals surface area contributed by atoms with E-state index in [1.807, 2.05) is 31.2 Å². The first-order chi connectivity index (χ1) is 11.6. The van der Waals surface area contributed by atoms with Crippen molar-refractivity contribution in [3.63, 3.8) is 0 Å². The van der Waals surface area contributed by atoms with Gasteiger partial charge in [-0.15, -0.1) is 0 Å². The Balaban J connectivity index is 1.76. The van der Waals surface area contributed by atoms with Crippen molar-refractivity contribution in [2.24, 2.45) is 0 Å². The summed E-state index contributed by atoms with van der Waals surface area (Å²) in [5, 5.41) is 11.1. The number of para-hydroxylation sites is 1. The maximum Gasteiger partial charge on any atom is 0.310 e. The first-order valence-electron chi connectivity index (χ1n) is 7.82. The lowest BCUT2D eigenvalue weighted by molar-refractivity contribution is -0.385. The largest absolute Gasteiger partial charge is 0.477 e. The van der Waals surface area contributed by atoms with E-state index in [9.17, 15) is 14.9 Å². The minimum Gasteiger partial charge on any atom is -0.477 e. The molecule has 2 aromatic carbocycles. The van der Waals surface area contributed by atoms with Crippen LogP contribution >= 0.6 is 0 Å². The van der Waals surface area contributed by atoms with E-state index in [1.54, 1.807) is 17.0 Å². The summed E-state index contributed by atoms with van der Waals surface area (Å²) in [6.45, 7) is 2.23. The van der Waals surface area contributed by atoms with Crippen LogP contribution in [0.4, 0.5) is 11.4 Å². The lowest BCUT2D eigenvalue weighted by Crippen LogP contribution is -2.38. The molecule has 6 nitrogen and oxygen atoms in total. The van der Waals surface area contributed by atoms with Gasteiger partial charge < -0.3 is 9.64 Å². The number of carbonyl (C=O) groups excluding carboxylic acids is 1. The lowest BCUT2D eigenvalue weighted by Gasteiger charge is -2.29. The van der Waals surface area contributed by atoms with Gasteiger partial charge in [0.15, 0.2) is 12.4 Å². The molecule has 0 saturated carbocycles. The molecule has 1 amide bonds. The van der Waals surface area contributed by atoms with E-state index < -0.39 is 4.92 Å². The third-order valence-corrected chi connectivity index (χ3v) is 4.07. The predicted molar refractivity (Wildman–Crippen MR) is 90.4 cm³/mol. The maximum atomic E-state index is 12.5. The molecular formula is C18H18N2O4. The summed E-state index contributed by atoms with van der Waals surface area (Å²) in [6, 6.07) is 12.4. The van der Waals surface area contributed by atoms with Gasteiger partial charge in [0.1, 0.15) is 0 Å². The van der Waals surface area contributed by atoms with Crippen molar-refractivity contribution < 1.29 is 14.5 Å². The Kier molecular flexibility index (Phi) is 4.46. The molecule has 24 heavy (non-hydrogen) atoms. The second-order valence-corrected chi connectivity index (χ2v) is 5.79. The van der Waals surface area contributed by atoms with E-state index in [2.05, 4.69) is 0 Å². The highest BCUT2D eigenvalue weighted by Gasteiger charge is 2.23. The fourth-order valence-electron chi connectivity index (χ4n) is 2.90. The van der Waals surface area contributed by atoms with E-state index in [0.717, 1.165) is 29.7 Å². The van der Waals surface area contributed by atoms with Crippen molar-refractivity contribution in [2.45, 2.75) is 19.8 Å². The second kappa shape index (κ2) is 6.70. The van der Waals surface area contributed by atoms with E-state index in [1.165, 1.54) is 6.07 Å². The highest BCUT2D eigenvalue weighted by Crippen LogP contribution is 2.29. The number of amides is 1. The van der Waals surface area contributed by atoms with Crippen LogP contribution in [0.2, 0.25) is 0 Å². The summed E-state index contributed by atoms with van der Waals surface area (Å²) in [4.78, 5) is 24.8. The van der Waals surface area contributed by atoms with Gasteiger partial charge in [0.2, 0.25) is 0 Å². The number of benzene rings is 2. The molecule has 1 aliphatic heterocycles. The molecule has 3 rings (SSSR count). The Hall–Kier alpha value is -2.89. The molecule has 0 N–H and O–H groups in total. The Morgan fingerprint density at radius 2 is 2.08 bits per heavy atom. The van der Waals surface area contributed by atoms with Crippen LogP contribution in [-0.4, -0.2) is 24.0 Å². The van der Waals surface area contributed by atoms with Gasteiger partial charge in [-0.05, 0) is 43.0 Å². The molecule has 0 aliphatic carbocycles. The van der Waals surface area contributed by atoms with Gasteiger partial charge in [0, 0.05) is 18.3 Å². The quantitative estimate of drug-likeness (QED) is 0.638. The molecule has 0 atom stereocenters. The topological polar surface area (TPSA) is 72.7 Å². The number of aryl methyl sites for hydroxylation is 2. The normalized spacial score (nSPS) is 13.3. The molecule has 0 saturated heterocycles. The number of hydrogen-bond donors (Lipinski definition) is 0. The SMILES string of the molecule is Cc1ccc([N+](=O)[O-])c(OCC(=O)N2CCCc3ccccc32)c1. The number of nitro benzene ring substituents is 1. The number of anilines is 1. The van der Waals surface area contributed by atoms with Gasteiger partial charge >= 0.3 is 5.69 Å². The number of nitro groups is 1. The highest BCUT2D eigenvalue weighted by atomic mass is 16.6. The standard InChI is InChI=1S/C18H18N2O4/c1-13-8-9-16(20(22)23)17(11-13)24-12-18(21)19-10-4-6-14-5-2-3-7-15(14)19/h2-3,5,7-9,11H,4,6,10,12H2,1H3. The zero-order chi connectivity index (χ0) is 17.1. The lowest BCUT2D eigenvalue weighted by atomic mass is 10.0. The fraction of sp³-hybridized carbons (Fsp3) is 0.278. The van der Waals surface area contributed by atoms with Crippen LogP contribution in [-0.2, 0) is 11.2 Å². The molecule has 0 unspecified atom stereocenters. The van der Waals surface area contributed by atoms with Gasteiger partial charge in [-0.25, -0.2) is 0 Å². The summed E-state index contributed by atoms with van der Waals surface area (Å²) < 4.78 is 5.48. The number of ether oxygens (including phenoxy) is 1. The van der Waals surface area contributed by atoms with Gasteiger partial charge in [-0.3, -0.25) is 14.9 Å². The van der Waals surface area contributed by atoms with E-state index in [-0.39, 0.29) is 24.0 Å². The third kappa shape index (κ3) is 3.22. The van der Waals surface area contributed by atoms with Crippen molar-refractivity contribution in [2.75, 3.05) is 18.1 Å². The molecule has 0 bridgehead atoms. The number of hydrogen-bond acceptors (Lipinski definition) is 4. The molecule has 2 aromatic rings. The van der Waals surface area contributed by atoms with Crippen molar-refractivity contribution in [3.8, 4) is 5.75 Å². The highest BCUT2D eigenvalue weighted by molar-refractivity contribution is 5.95. The van der Waals surface area contributed by atoms with E-state index >= 15 is 0 Å². The second-order valence-electron chi connectivity index (χ2n) is 5.79. The predicted octanol–water partition coefficient (Wildman–Crippen LogP) is 3.26. The Morgan fingerprint density at radius 1 is 1.29 bits per heavy atom. The molecule has 0 aromatic heterocycles. The van der Waals surface area contributed by atoms with Gasteiger partial charge in [0.25, 0.3) is 5.91 Å². The summed E-state index contributed by atoms with van der Waals surface area (Å²) in [5.74, 6) is -0.0726. The van der Waals surface area contributed by atoms with Crippen LogP contribution < -0.4 is 9.64 Å². The molecule has 1 aliphatic rings. The van der Waals surface area contributed by atoms with E-state index in [4.69, 9.17) is 4.74 Å². The van der Waals surface area contributed by atoms with Crippen LogP contribution in [0.1, 0.15) is 17.5 Å². The molecule has 0 radical (unpaired) electrons. The minimum atomic E-state index is -0.505. The van der Waals surface area contributed by atoms with E-state index in [0.29, 0.717) is 6.54 Å². The Labute approximate surface area is 139 Å². The van der Waals surface area contributed by atoms with Crippen LogP contribution in [0.5, 0.6) is 5.75 Å². The molecule has 0 spiro atoms. The summed E-state index contributed by atoms with van der Waals surface area (Å²) in [5.41, 5.74) is 2.74. The maximum absolute atomic E-state index is 12.5. The third-order valence-electron chi connectivity index (χ3n) is 4.07. The van der Waals surface area contributed by atoms with Crippen molar-refractivity contribution in [3.05, 3.63) is 63.7 Å². The number of fused-ring (bicyclic) bond motifs is 1. The fourth-order valence-corrected chi connectivity index (χ4v) is 2.90. The summed E-state index contributed by atoms with van der Waals surface area (Å²) in [7, 11) is 0. The first-order valence-corrected chi connectivity index (χ1v) is 7.82. The van der Waals surface area contributed by atoms with Gasteiger partial charge in [-0.2, -0.15) is 0 Å². The Bertz CT molecular complexity index is 788. The summed E-state index contributed by atoms with van der Waals surface area (Å²) in [6.07, 6.45) is 1.84. The van der Waals surface area contributed by atoms with Crippen molar-refractivity contribution in [1.82, 2.24) is 0 Å².